The number of aryl methyl sites for hydroxylation is 1. The van der Waals surface area contributed by atoms with Gasteiger partial charge in [-0.25, -0.2) is 0 Å². The van der Waals surface area contributed by atoms with Gasteiger partial charge in [0.05, 0.1) is 0 Å². The molecule has 0 saturated heterocycles. The second-order valence-corrected chi connectivity index (χ2v) is 7.81. The van der Waals surface area contributed by atoms with Crippen LogP contribution in [0.1, 0.15) is 50.5 Å². The lowest BCUT2D eigenvalue weighted by atomic mass is 10.2. The van der Waals surface area contributed by atoms with E-state index in [2.05, 4.69) is 27.8 Å². The van der Waals surface area contributed by atoms with Crippen LogP contribution in [0.4, 0.5) is 5.69 Å². The zero-order valence-electron chi connectivity index (χ0n) is 17.0. The zero-order chi connectivity index (χ0) is 21.3. The molecule has 30 heavy (non-hydrogen) atoms. The van der Waals surface area contributed by atoms with Crippen molar-refractivity contribution in [1.82, 2.24) is 15.5 Å². The summed E-state index contributed by atoms with van der Waals surface area (Å²) in [5.74, 6) is 0.271. The van der Waals surface area contributed by atoms with Gasteiger partial charge in [-0.05, 0) is 55.3 Å². The van der Waals surface area contributed by atoms with E-state index < -0.39 is 0 Å². The molecule has 156 valence electrons. The summed E-state index contributed by atoms with van der Waals surface area (Å²) < 4.78 is 5.69. The number of benzene rings is 2. The summed E-state index contributed by atoms with van der Waals surface area (Å²) in [5, 5.41) is 14.5. The number of nitrogens with one attached hydrogen (secondary N) is 2. The summed E-state index contributed by atoms with van der Waals surface area (Å²) in [6.07, 6.45) is 1.97. The molecule has 0 fully saturated rings. The Kier molecular flexibility index (Phi) is 7.51. The number of carbonyl (C=O) groups excluding carboxylic acids is 2. The van der Waals surface area contributed by atoms with Crippen molar-refractivity contribution in [3.63, 3.8) is 0 Å². The Bertz CT molecular complexity index is 1000. The number of hydrogen-bond donors (Lipinski definition) is 2. The number of amides is 2. The van der Waals surface area contributed by atoms with Crippen LogP contribution in [0.2, 0.25) is 0 Å². The van der Waals surface area contributed by atoms with Crippen molar-refractivity contribution >= 4 is 28.8 Å². The molecule has 0 bridgehead atoms. The van der Waals surface area contributed by atoms with Crippen molar-refractivity contribution in [1.29, 1.82) is 0 Å². The Morgan fingerprint density at radius 3 is 2.60 bits per heavy atom. The van der Waals surface area contributed by atoms with Crippen LogP contribution in [0, 0.1) is 6.92 Å². The van der Waals surface area contributed by atoms with Crippen LogP contribution < -0.4 is 15.4 Å². The van der Waals surface area contributed by atoms with Crippen LogP contribution in [0.5, 0.6) is 5.75 Å². The highest BCUT2D eigenvalue weighted by atomic mass is 32.1. The van der Waals surface area contributed by atoms with E-state index in [0.29, 0.717) is 22.8 Å². The highest BCUT2D eigenvalue weighted by Crippen LogP contribution is 2.18. The van der Waals surface area contributed by atoms with Crippen molar-refractivity contribution in [3.05, 3.63) is 69.7 Å². The number of ether oxygens (including phenoxy) is 1. The predicted octanol–water partition coefficient (Wildman–Crippen LogP) is 4.21. The Hall–Kier alpha value is -3.26. The molecule has 0 saturated carbocycles. The lowest BCUT2D eigenvalue weighted by Crippen LogP contribution is -2.24. The molecule has 0 radical (unpaired) electrons. The summed E-state index contributed by atoms with van der Waals surface area (Å²) in [6, 6.07) is 14.5. The molecule has 3 aromatic rings. The molecule has 7 nitrogen and oxygen atoms in total. The molecule has 1 aromatic heterocycles. The van der Waals surface area contributed by atoms with Crippen LogP contribution in [0.15, 0.2) is 48.5 Å². The molecule has 0 unspecified atom stereocenters. The molecule has 2 amide bonds. The Morgan fingerprint density at radius 2 is 1.87 bits per heavy atom. The number of nitrogens with zero attached hydrogens (tertiary/aromatic N) is 2. The van der Waals surface area contributed by atoms with Gasteiger partial charge in [-0.15, -0.1) is 10.2 Å². The summed E-state index contributed by atoms with van der Waals surface area (Å²) in [5.41, 5.74) is 2.24. The lowest BCUT2D eigenvalue weighted by molar-refractivity contribution is 0.0952. The van der Waals surface area contributed by atoms with Gasteiger partial charge in [0.25, 0.3) is 11.8 Å². The van der Waals surface area contributed by atoms with E-state index in [9.17, 15) is 9.59 Å². The molecule has 3 rings (SSSR count). The molecule has 2 N–H and O–H groups in total. The first-order valence-electron chi connectivity index (χ1n) is 9.76. The topological polar surface area (TPSA) is 93.2 Å². The molecule has 1 heterocycles. The first-order chi connectivity index (χ1) is 14.5. The molecule has 0 atom stereocenters. The normalized spacial score (nSPS) is 10.5. The number of anilines is 1. The standard InChI is InChI=1S/C22H24N4O3S/c1-3-4-12-23-20(27)16-8-10-17(11-9-16)24-21(28)22-26-25-19(30-22)14-29-18-7-5-6-15(2)13-18/h5-11,13H,3-4,12,14H2,1-2H3,(H,23,27)(H,24,28). The average Bonchev–Trinajstić information content (AvgIpc) is 3.22. The third-order valence-electron chi connectivity index (χ3n) is 4.23. The van der Waals surface area contributed by atoms with E-state index in [1.54, 1.807) is 24.3 Å². The van der Waals surface area contributed by atoms with Gasteiger partial charge in [0.1, 0.15) is 12.4 Å². The van der Waals surface area contributed by atoms with Crippen molar-refractivity contribution in [2.75, 3.05) is 11.9 Å². The Labute approximate surface area is 179 Å². The maximum atomic E-state index is 12.4. The highest BCUT2D eigenvalue weighted by molar-refractivity contribution is 7.13. The van der Waals surface area contributed by atoms with E-state index >= 15 is 0 Å². The zero-order valence-corrected chi connectivity index (χ0v) is 17.8. The van der Waals surface area contributed by atoms with E-state index in [1.165, 1.54) is 11.3 Å². The number of unbranched alkanes of at least 4 members (excludes halogenated alkanes) is 1. The molecule has 2 aromatic carbocycles. The largest absolute Gasteiger partial charge is 0.486 e. The monoisotopic (exact) mass is 424 g/mol. The van der Waals surface area contributed by atoms with Gasteiger partial charge in [-0.3, -0.25) is 9.59 Å². The van der Waals surface area contributed by atoms with Crippen LogP contribution in [-0.2, 0) is 6.61 Å². The van der Waals surface area contributed by atoms with E-state index in [-0.39, 0.29) is 23.4 Å². The van der Waals surface area contributed by atoms with E-state index in [0.717, 1.165) is 24.2 Å². The average molecular weight is 425 g/mol. The molecular formula is C22H24N4O3S. The van der Waals surface area contributed by atoms with Gasteiger partial charge in [0.15, 0.2) is 5.01 Å². The number of hydrogen-bond acceptors (Lipinski definition) is 6. The maximum absolute atomic E-state index is 12.4. The second-order valence-electron chi connectivity index (χ2n) is 6.75. The number of aromatic nitrogens is 2. The Balaban J connectivity index is 1.53. The third-order valence-corrected chi connectivity index (χ3v) is 5.13. The van der Waals surface area contributed by atoms with E-state index in [4.69, 9.17) is 4.74 Å². The second kappa shape index (κ2) is 10.5. The SMILES string of the molecule is CCCCNC(=O)c1ccc(NC(=O)c2nnc(COc3cccc(C)c3)s2)cc1. The third kappa shape index (κ3) is 6.12. The molecular weight excluding hydrogens is 400 g/mol. The van der Waals surface area contributed by atoms with E-state index in [1.807, 2.05) is 31.2 Å². The summed E-state index contributed by atoms with van der Waals surface area (Å²) >= 11 is 1.18. The minimum absolute atomic E-state index is 0.122. The van der Waals surface area contributed by atoms with Gasteiger partial charge in [0.2, 0.25) is 5.01 Å². The maximum Gasteiger partial charge on any atom is 0.286 e. The fourth-order valence-corrected chi connectivity index (χ4v) is 3.27. The summed E-state index contributed by atoms with van der Waals surface area (Å²) in [4.78, 5) is 24.4. The number of carbonyl (C=O) groups is 2. The first-order valence-corrected chi connectivity index (χ1v) is 10.6. The van der Waals surface area contributed by atoms with Crippen molar-refractivity contribution < 1.29 is 14.3 Å². The summed E-state index contributed by atoms with van der Waals surface area (Å²) in [7, 11) is 0. The molecule has 0 spiro atoms. The minimum Gasteiger partial charge on any atom is -0.486 e. The van der Waals surface area contributed by atoms with Crippen molar-refractivity contribution in [2.45, 2.75) is 33.3 Å². The van der Waals surface area contributed by atoms with Crippen molar-refractivity contribution in [2.24, 2.45) is 0 Å². The first kappa shape index (κ1) is 21.4. The van der Waals surface area contributed by atoms with Crippen LogP contribution in [0.25, 0.3) is 0 Å². The molecule has 8 heteroatoms. The van der Waals surface area contributed by atoms with Gasteiger partial charge in [-0.1, -0.05) is 36.8 Å². The number of rotatable bonds is 9. The Morgan fingerprint density at radius 1 is 1.07 bits per heavy atom. The predicted molar refractivity (Wildman–Crippen MR) is 117 cm³/mol. The van der Waals surface area contributed by atoms with Crippen LogP contribution in [0.3, 0.4) is 0 Å². The van der Waals surface area contributed by atoms with Gasteiger partial charge < -0.3 is 15.4 Å². The van der Waals surface area contributed by atoms with Crippen molar-refractivity contribution in [3.8, 4) is 5.75 Å². The smallest absolute Gasteiger partial charge is 0.286 e. The highest BCUT2D eigenvalue weighted by Gasteiger charge is 2.14. The molecule has 0 aliphatic heterocycles. The quantitative estimate of drug-likeness (QED) is 0.502. The lowest BCUT2D eigenvalue weighted by Gasteiger charge is -2.06. The fourth-order valence-electron chi connectivity index (χ4n) is 2.62. The molecule has 0 aliphatic carbocycles. The minimum atomic E-state index is -0.352. The summed E-state index contributed by atoms with van der Waals surface area (Å²) in [6.45, 7) is 4.96. The van der Waals surface area contributed by atoms with Gasteiger partial charge in [0, 0.05) is 17.8 Å². The fraction of sp³-hybridized carbons (Fsp3) is 0.273. The van der Waals surface area contributed by atoms with Crippen LogP contribution in [-0.4, -0.2) is 28.6 Å². The molecule has 0 aliphatic rings. The van der Waals surface area contributed by atoms with Gasteiger partial charge >= 0.3 is 0 Å². The van der Waals surface area contributed by atoms with Gasteiger partial charge in [-0.2, -0.15) is 0 Å². The van der Waals surface area contributed by atoms with Crippen LogP contribution >= 0.6 is 11.3 Å².